The molecular formula is C25H29N3O5. The zero-order valence-electron chi connectivity index (χ0n) is 19.2. The maximum atomic E-state index is 13.4. The summed E-state index contributed by atoms with van der Waals surface area (Å²) in [7, 11) is 1.63. The van der Waals surface area contributed by atoms with Gasteiger partial charge in [-0.1, -0.05) is 25.1 Å². The Morgan fingerprint density at radius 1 is 1.24 bits per heavy atom. The second-order valence-electron chi connectivity index (χ2n) is 8.23. The number of aliphatic imine (C=N–C) groups is 1. The lowest BCUT2D eigenvalue weighted by molar-refractivity contribution is -0.132. The molecule has 33 heavy (non-hydrogen) atoms. The standard InChI is InChI=1S/C25H29N3O5/c1-4-11-31-15-19-14-25(23(30)28(3)24(26)27-25)20-13-17(9-10-21(20)33-19)16-7-6-8-18(12-16)22(29)32-5-2/h6-10,12-13,19H,4-5,11,14-15H2,1-3H3,(H2,26,27). The average molecular weight is 452 g/mol. The summed E-state index contributed by atoms with van der Waals surface area (Å²) in [5, 5.41) is 0. The Hall–Kier alpha value is -3.39. The quantitative estimate of drug-likeness (QED) is 0.513. The van der Waals surface area contributed by atoms with Crippen molar-refractivity contribution < 1.29 is 23.8 Å². The Morgan fingerprint density at radius 2 is 2.03 bits per heavy atom. The molecule has 0 saturated heterocycles. The molecule has 0 aromatic heterocycles. The number of fused-ring (bicyclic) bond motifs is 2. The zero-order chi connectivity index (χ0) is 23.6. The summed E-state index contributed by atoms with van der Waals surface area (Å²) in [6.07, 6.45) is 0.907. The minimum atomic E-state index is -1.17. The number of guanidine groups is 1. The Kier molecular flexibility index (Phi) is 6.37. The van der Waals surface area contributed by atoms with Crippen molar-refractivity contribution in [3.05, 3.63) is 53.6 Å². The third-order valence-electron chi connectivity index (χ3n) is 5.91. The number of ether oxygens (including phenoxy) is 3. The van der Waals surface area contributed by atoms with Gasteiger partial charge in [-0.2, -0.15) is 0 Å². The van der Waals surface area contributed by atoms with Gasteiger partial charge in [-0.05, 0) is 48.7 Å². The first kappa shape index (κ1) is 22.8. The van der Waals surface area contributed by atoms with E-state index in [1.54, 1.807) is 32.2 Å². The molecule has 2 aromatic rings. The Balaban J connectivity index is 1.75. The highest BCUT2D eigenvalue weighted by Crippen LogP contribution is 2.47. The summed E-state index contributed by atoms with van der Waals surface area (Å²) in [4.78, 5) is 31.6. The van der Waals surface area contributed by atoms with E-state index in [4.69, 9.17) is 19.9 Å². The summed E-state index contributed by atoms with van der Waals surface area (Å²) < 4.78 is 17.0. The maximum absolute atomic E-state index is 13.4. The molecule has 1 amide bonds. The molecule has 2 heterocycles. The van der Waals surface area contributed by atoms with Gasteiger partial charge in [0.2, 0.25) is 0 Å². The molecule has 2 aliphatic heterocycles. The van der Waals surface area contributed by atoms with Crippen molar-refractivity contribution in [3.8, 4) is 16.9 Å². The van der Waals surface area contributed by atoms with Crippen LogP contribution in [0.2, 0.25) is 0 Å². The lowest BCUT2D eigenvalue weighted by Gasteiger charge is -2.36. The Bertz CT molecular complexity index is 1100. The first-order valence-electron chi connectivity index (χ1n) is 11.2. The largest absolute Gasteiger partial charge is 0.488 e. The topological polar surface area (TPSA) is 103 Å². The van der Waals surface area contributed by atoms with Crippen LogP contribution in [0.5, 0.6) is 5.75 Å². The first-order valence-corrected chi connectivity index (χ1v) is 11.2. The van der Waals surface area contributed by atoms with Crippen molar-refractivity contribution >= 4 is 17.8 Å². The van der Waals surface area contributed by atoms with Gasteiger partial charge in [0.25, 0.3) is 5.91 Å². The molecule has 8 nitrogen and oxygen atoms in total. The Labute approximate surface area is 193 Å². The molecule has 0 bridgehead atoms. The minimum absolute atomic E-state index is 0.177. The van der Waals surface area contributed by atoms with Gasteiger partial charge < -0.3 is 19.9 Å². The molecule has 0 saturated carbocycles. The van der Waals surface area contributed by atoms with E-state index in [0.29, 0.717) is 43.1 Å². The van der Waals surface area contributed by atoms with Gasteiger partial charge >= 0.3 is 5.97 Å². The van der Waals surface area contributed by atoms with E-state index in [1.807, 2.05) is 31.2 Å². The van der Waals surface area contributed by atoms with Crippen molar-refractivity contribution in [3.63, 3.8) is 0 Å². The van der Waals surface area contributed by atoms with Crippen LogP contribution >= 0.6 is 0 Å². The SMILES string of the molecule is CCCOCC1CC2(N=C(N)N(C)C2=O)c2cc(-c3cccc(C(=O)OCC)c3)ccc2O1. The molecule has 2 atom stereocenters. The fourth-order valence-electron chi connectivity index (χ4n) is 4.30. The maximum Gasteiger partial charge on any atom is 0.338 e. The van der Waals surface area contributed by atoms with Gasteiger partial charge in [0.05, 0.1) is 18.8 Å². The van der Waals surface area contributed by atoms with E-state index in [-0.39, 0.29) is 23.9 Å². The lowest BCUT2D eigenvalue weighted by Crippen LogP contribution is -2.46. The second-order valence-corrected chi connectivity index (χ2v) is 8.23. The predicted octanol–water partition coefficient (Wildman–Crippen LogP) is 3.09. The number of carbonyl (C=O) groups excluding carboxylic acids is 2. The van der Waals surface area contributed by atoms with Gasteiger partial charge in [-0.15, -0.1) is 0 Å². The highest BCUT2D eigenvalue weighted by atomic mass is 16.5. The van der Waals surface area contributed by atoms with E-state index in [9.17, 15) is 9.59 Å². The third kappa shape index (κ3) is 4.18. The molecule has 2 aromatic carbocycles. The molecule has 8 heteroatoms. The molecule has 174 valence electrons. The smallest absolute Gasteiger partial charge is 0.338 e. The summed E-state index contributed by atoms with van der Waals surface area (Å²) >= 11 is 0. The number of hydrogen-bond acceptors (Lipinski definition) is 7. The van der Waals surface area contributed by atoms with Gasteiger partial charge in [-0.3, -0.25) is 9.69 Å². The third-order valence-corrected chi connectivity index (χ3v) is 5.91. The molecule has 0 aliphatic carbocycles. The molecule has 2 N–H and O–H groups in total. The van der Waals surface area contributed by atoms with E-state index in [2.05, 4.69) is 4.99 Å². The van der Waals surface area contributed by atoms with Crippen LogP contribution in [0.1, 0.15) is 42.6 Å². The number of nitrogens with two attached hydrogens (primary N) is 1. The van der Waals surface area contributed by atoms with Crippen LogP contribution in [0.4, 0.5) is 0 Å². The van der Waals surface area contributed by atoms with Gasteiger partial charge in [-0.25, -0.2) is 9.79 Å². The summed E-state index contributed by atoms with van der Waals surface area (Å²) in [5.41, 5.74) is 7.67. The second kappa shape index (κ2) is 9.23. The number of hydrogen-bond donors (Lipinski definition) is 1. The van der Waals surface area contributed by atoms with E-state index >= 15 is 0 Å². The lowest BCUT2D eigenvalue weighted by atomic mass is 9.80. The molecule has 0 fully saturated rings. The highest BCUT2D eigenvalue weighted by Gasteiger charge is 2.53. The fourth-order valence-corrected chi connectivity index (χ4v) is 4.30. The van der Waals surface area contributed by atoms with Crippen LogP contribution < -0.4 is 10.5 Å². The van der Waals surface area contributed by atoms with Gasteiger partial charge in [0.15, 0.2) is 11.5 Å². The van der Waals surface area contributed by atoms with Gasteiger partial charge in [0, 0.05) is 25.6 Å². The van der Waals surface area contributed by atoms with Crippen molar-refractivity contribution in [2.75, 3.05) is 26.9 Å². The van der Waals surface area contributed by atoms with Crippen LogP contribution in [-0.4, -0.2) is 55.7 Å². The molecule has 1 spiro atoms. The van der Waals surface area contributed by atoms with Crippen molar-refractivity contribution in [1.82, 2.24) is 4.90 Å². The first-order chi connectivity index (χ1) is 15.9. The summed E-state index contributed by atoms with van der Waals surface area (Å²) in [6.45, 7) is 5.10. The molecule has 4 rings (SSSR count). The van der Waals surface area contributed by atoms with Crippen LogP contribution in [0, 0.1) is 0 Å². The molecule has 2 aliphatic rings. The Morgan fingerprint density at radius 3 is 2.73 bits per heavy atom. The van der Waals surface area contributed by atoms with E-state index < -0.39 is 5.54 Å². The van der Waals surface area contributed by atoms with E-state index in [1.165, 1.54) is 4.90 Å². The van der Waals surface area contributed by atoms with Crippen molar-refractivity contribution in [2.24, 2.45) is 10.7 Å². The summed E-state index contributed by atoms with van der Waals surface area (Å²) in [5.74, 6) is 0.187. The van der Waals surface area contributed by atoms with Gasteiger partial charge in [0.1, 0.15) is 11.9 Å². The molecular weight excluding hydrogens is 422 g/mol. The van der Waals surface area contributed by atoms with Crippen molar-refractivity contribution in [2.45, 2.75) is 38.3 Å². The van der Waals surface area contributed by atoms with Crippen molar-refractivity contribution in [1.29, 1.82) is 0 Å². The van der Waals surface area contributed by atoms with Crippen LogP contribution in [0.15, 0.2) is 47.5 Å². The zero-order valence-corrected chi connectivity index (χ0v) is 19.2. The molecule has 0 radical (unpaired) electrons. The number of esters is 1. The highest BCUT2D eigenvalue weighted by molar-refractivity contribution is 6.07. The van der Waals surface area contributed by atoms with E-state index in [0.717, 1.165) is 17.5 Å². The number of benzene rings is 2. The minimum Gasteiger partial charge on any atom is -0.488 e. The normalized spacial score (nSPS) is 21.5. The summed E-state index contributed by atoms with van der Waals surface area (Å²) in [6, 6.07) is 12.8. The number of nitrogens with zero attached hydrogens (tertiary/aromatic N) is 2. The number of amides is 1. The van der Waals surface area contributed by atoms with Crippen LogP contribution in [-0.2, 0) is 19.8 Å². The average Bonchev–Trinajstić information content (AvgIpc) is 3.03. The number of likely N-dealkylation sites (N-methyl/N-ethyl adjacent to an activating group) is 1. The predicted molar refractivity (Wildman–Crippen MR) is 124 cm³/mol. The van der Waals surface area contributed by atoms with Crippen LogP contribution in [0.3, 0.4) is 0 Å². The number of rotatable bonds is 7. The molecule has 2 unspecified atom stereocenters. The monoisotopic (exact) mass is 451 g/mol. The number of carbonyl (C=O) groups is 2. The van der Waals surface area contributed by atoms with Crippen LogP contribution in [0.25, 0.3) is 11.1 Å². The fraction of sp³-hybridized carbons (Fsp3) is 0.400.